The molecule has 1 aliphatic heterocycles. The Morgan fingerprint density at radius 3 is 2.53 bits per heavy atom. The van der Waals surface area contributed by atoms with Crippen molar-refractivity contribution in [2.24, 2.45) is 5.92 Å². The van der Waals surface area contributed by atoms with Crippen LogP contribution in [0.1, 0.15) is 62.0 Å². The largest absolute Gasteiger partial charge is 0.478 e. The molecule has 2 N–H and O–H groups in total. The Morgan fingerprint density at radius 2 is 1.92 bits per heavy atom. The van der Waals surface area contributed by atoms with E-state index in [0.717, 1.165) is 22.4 Å². The van der Waals surface area contributed by atoms with Crippen molar-refractivity contribution in [3.05, 3.63) is 83.2 Å². The van der Waals surface area contributed by atoms with Crippen molar-refractivity contribution in [1.82, 2.24) is 9.62 Å². The first-order valence-corrected chi connectivity index (χ1v) is 13.7. The molecule has 0 saturated carbocycles. The van der Waals surface area contributed by atoms with Gasteiger partial charge in [-0.3, -0.25) is 0 Å². The first-order valence-electron chi connectivity index (χ1n) is 12.2. The van der Waals surface area contributed by atoms with Crippen LogP contribution in [-0.2, 0) is 10.0 Å². The fourth-order valence-corrected chi connectivity index (χ4v) is 5.56. The van der Waals surface area contributed by atoms with Crippen molar-refractivity contribution in [3.8, 4) is 11.8 Å². The lowest BCUT2D eigenvalue weighted by molar-refractivity contribution is 0.0697. The maximum absolute atomic E-state index is 13.1. The van der Waals surface area contributed by atoms with Gasteiger partial charge in [-0.05, 0) is 67.7 Å². The molecule has 36 heavy (non-hydrogen) atoms. The van der Waals surface area contributed by atoms with Crippen molar-refractivity contribution in [2.45, 2.75) is 45.8 Å². The molecule has 1 fully saturated rings. The summed E-state index contributed by atoms with van der Waals surface area (Å²) in [6, 6.07) is 4.90. The Kier molecular flexibility index (Phi) is 11.0. The fraction of sp³-hybridized carbons (Fsp3) is 0.345. The van der Waals surface area contributed by atoms with E-state index in [0.29, 0.717) is 25.9 Å². The number of carboxylic acid groups (broad SMARTS) is 1. The van der Waals surface area contributed by atoms with Crippen molar-refractivity contribution in [3.63, 3.8) is 0 Å². The zero-order chi connectivity index (χ0) is 26.7. The normalized spacial score (nSPS) is 18.8. The molecule has 1 heterocycles. The number of allylic oxidation sites excluding steroid dienone is 5. The highest BCUT2D eigenvalue weighted by atomic mass is 32.2. The van der Waals surface area contributed by atoms with E-state index in [2.05, 4.69) is 23.7 Å². The zero-order valence-electron chi connectivity index (χ0n) is 21.5. The smallest absolute Gasteiger partial charge is 0.335 e. The molecule has 1 aromatic carbocycles. The summed E-state index contributed by atoms with van der Waals surface area (Å²) in [6.07, 6.45) is 14.0. The molecule has 0 bridgehead atoms. The van der Waals surface area contributed by atoms with Gasteiger partial charge >= 0.3 is 5.97 Å². The third kappa shape index (κ3) is 7.33. The van der Waals surface area contributed by atoms with Crippen LogP contribution in [0.25, 0.3) is 12.2 Å². The molecule has 0 amide bonds. The SMILES string of the molecule is C=Cc1cc(C(=O)O)ccc1/C=C/N/C(=C/C)C1CCN(S(=O)(=O)C2C#CC=C(C)C=C2)CC1.CC. The van der Waals surface area contributed by atoms with Gasteiger partial charge in [0, 0.05) is 30.9 Å². The van der Waals surface area contributed by atoms with E-state index in [9.17, 15) is 13.2 Å². The minimum absolute atomic E-state index is 0.215. The van der Waals surface area contributed by atoms with Gasteiger partial charge in [0.05, 0.1) is 5.56 Å². The highest BCUT2D eigenvalue weighted by molar-refractivity contribution is 7.90. The van der Waals surface area contributed by atoms with E-state index in [4.69, 9.17) is 5.11 Å². The number of aromatic carboxylic acids is 1. The predicted octanol–water partition coefficient (Wildman–Crippen LogP) is 5.45. The van der Waals surface area contributed by atoms with E-state index in [1.165, 1.54) is 0 Å². The minimum atomic E-state index is -3.52. The van der Waals surface area contributed by atoms with Crippen LogP contribution in [-0.4, -0.2) is 42.1 Å². The summed E-state index contributed by atoms with van der Waals surface area (Å²) in [7, 11) is -3.52. The number of nitrogens with one attached hydrogen (secondary N) is 1. The highest BCUT2D eigenvalue weighted by Crippen LogP contribution is 2.27. The van der Waals surface area contributed by atoms with Crippen LogP contribution in [0, 0.1) is 17.8 Å². The molecule has 2 aliphatic rings. The summed E-state index contributed by atoms with van der Waals surface area (Å²) in [5.41, 5.74) is 3.78. The van der Waals surface area contributed by atoms with Crippen LogP contribution in [0.4, 0.5) is 0 Å². The van der Waals surface area contributed by atoms with Gasteiger partial charge in [0.2, 0.25) is 10.0 Å². The summed E-state index contributed by atoms with van der Waals surface area (Å²) in [4.78, 5) is 11.2. The fourth-order valence-electron chi connectivity index (χ4n) is 4.03. The number of sulfonamides is 1. The summed E-state index contributed by atoms with van der Waals surface area (Å²) < 4.78 is 27.7. The molecule has 7 heteroatoms. The number of nitrogens with zero attached hydrogens (tertiary/aromatic N) is 1. The Hall–Kier alpha value is -3.34. The molecule has 6 nitrogen and oxygen atoms in total. The molecule has 1 aromatic rings. The quantitative estimate of drug-likeness (QED) is 0.456. The number of hydrogen-bond donors (Lipinski definition) is 2. The summed E-state index contributed by atoms with van der Waals surface area (Å²) in [5, 5.41) is 11.7. The molecule has 0 radical (unpaired) electrons. The van der Waals surface area contributed by atoms with Gasteiger partial charge in [-0.1, -0.05) is 62.6 Å². The van der Waals surface area contributed by atoms with Crippen LogP contribution in [0.3, 0.4) is 0 Å². The Balaban J connectivity index is 0.00000222. The summed E-state index contributed by atoms with van der Waals surface area (Å²) in [5.74, 6) is 4.92. The number of rotatable bonds is 8. The molecule has 0 spiro atoms. The van der Waals surface area contributed by atoms with Gasteiger partial charge in [0.15, 0.2) is 5.25 Å². The van der Waals surface area contributed by atoms with E-state index < -0.39 is 21.2 Å². The van der Waals surface area contributed by atoms with Gasteiger partial charge < -0.3 is 10.4 Å². The lowest BCUT2D eigenvalue weighted by atomic mass is 9.94. The maximum atomic E-state index is 13.1. The lowest BCUT2D eigenvalue weighted by Gasteiger charge is -2.33. The molecule has 1 atom stereocenters. The van der Waals surface area contributed by atoms with Gasteiger partial charge in [-0.25, -0.2) is 17.5 Å². The van der Waals surface area contributed by atoms with Gasteiger partial charge in [-0.2, -0.15) is 0 Å². The molecule has 1 aliphatic carbocycles. The standard InChI is InChI=1S/C27H30N2O4S.C2H6/c1-4-21-19-24(27(30)31)11-10-22(21)13-16-28-26(5-2)23-14-17-29(18-15-23)34(32,33)25-8-6-7-20(3)9-12-25;1-2/h4-5,7,9-13,16,19,23,25,28H,1,14-15,17-18H2,2-3H3,(H,30,31);1-2H3/b16-13+,26-5+;. The third-order valence-electron chi connectivity index (χ3n) is 6.01. The van der Waals surface area contributed by atoms with E-state index in [-0.39, 0.29) is 11.5 Å². The van der Waals surface area contributed by atoms with Gasteiger partial charge in [0.1, 0.15) is 0 Å². The second-order valence-electron chi connectivity index (χ2n) is 8.25. The monoisotopic (exact) mass is 508 g/mol. The average molecular weight is 509 g/mol. The van der Waals surface area contributed by atoms with Crippen LogP contribution in [0.15, 0.2) is 66.6 Å². The van der Waals surface area contributed by atoms with Crippen LogP contribution in [0.2, 0.25) is 0 Å². The molecule has 1 saturated heterocycles. The second-order valence-corrected chi connectivity index (χ2v) is 10.3. The second kappa shape index (κ2) is 13.7. The molecular weight excluding hydrogens is 472 g/mol. The van der Waals surface area contributed by atoms with Crippen molar-refractivity contribution in [2.75, 3.05) is 13.1 Å². The first kappa shape index (κ1) is 28.9. The maximum Gasteiger partial charge on any atom is 0.335 e. The number of carbonyl (C=O) groups is 1. The van der Waals surface area contributed by atoms with Gasteiger partial charge in [0.25, 0.3) is 0 Å². The molecular formula is C29H36N2O4S. The molecule has 192 valence electrons. The van der Waals surface area contributed by atoms with E-state index >= 15 is 0 Å². The Bertz CT molecular complexity index is 1240. The van der Waals surface area contributed by atoms with Crippen molar-refractivity contribution in [1.29, 1.82) is 0 Å². The highest BCUT2D eigenvalue weighted by Gasteiger charge is 2.33. The predicted molar refractivity (Wildman–Crippen MR) is 148 cm³/mol. The minimum Gasteiger partial charge on any atom is -0.478 e. The van der Waals surface area contributed by atoms with Crippen LogP contribution >= 0.6 is 0 Å². The first-order chi connectivity index (χ1) is 17.3. The van der Waals surface area contributed by atoms with Crippen LogP contribution in [0.5, 0.6) is 0 Å². The third-order valence-corrected chi connectivity index (χ3v) is 8.01. The van der Waals surface area contributed by atoms with Gasteiger partial charge in [-0.15, -0.1) is 0 Å². The topological polar surface area (TPSA) is 86.7 Å². The number of hydrogen-bond acceptors (Lipinski definition) is 4. The lowest BCUT2D eigenvalue weighted by Crippen LogP contribution is -2.43. The van der Waals surface area contributed by atoms with Crippen LogP contribution < -0.4 is 5.32 Å². The van der Waals surface area contributed by atoms with Crippen molar-refractivity contribution < 1.29 is 18.3 Å². The average Bonchev–Trinajstić information content (AvgIpc) is 3.12. The Morgan fingerprint density at radius 1 is 1.22 bits per heavy atom. The molecule has 0 aromatic heterocycles. The summed E-state index contributed by atoms with van der Waals surface area (Å²) in [6.45, 7) is 12.5. The zero-order valence-corrected chi connectivity index (χ0v) is 22.3. The number of benzene rings is 1. The molecule has 3 rings (SSSR count). The van der Waals surface area contributed by atoms with E-state index in [1.54, 1.807) is 46.8 Å². The number of piperidine rings is 1. The van der Waals surface area contributed by atoms with E-state index in [1.807, 2.05) is 46.0 Å². The molecule has 1 unspecified atom stereocenters. The van der Waals surface area contributed by atoms with Crippen molar-refractivity contribution >= 4 is 28.1 Å². The summed E-state index contributed by atoms with van der Waals surface area (Å²) >= 11 is 0. The number of carboxylic acids is 1. The Labute approximate surface area is 215 Å².